The van der Waals surface area contributed by atoms with Gasteiger partial charge in [-0.05, 0) is 23.3 Å². The quantitative estimate of drug-likeness (QED) is 0.756. The molecule has 2 rings (SSSR count). The van der Waals surface area contributed by atoms with Crippen LogP contribution in [0.15, 0.2) is 42.5 Å². The third-order valence-electron chi connectivity index (χ3n) is 3.21. The van der Waals surface area contributed by atoms with Gasteiger partial charge in [0.25, 0.3) is 0 Å². The number of hydrogen-bond acceptors (Lipinski definition) is 1. The first kappa shape index (κ1) is 15.5. The van der Waals surface area contributed by atoms with Gasteiger partial charge >= 0.3 is 0 Å². The van der Waals surface area contributed by atoms with E-state index >= 15 is 0 Å². The van der Waals surface area contributed by atoms with Gasteiger partial charge < -0.3 is 5.32 Å². The molecule has 0 bridgehead atoms. The Morgan fingerprint density at radius 1 is 1.10 bits per heavy atom. The Balaban J connectivity index is 2.10. The average molecular weight is 399 g/mol. The zero-order valence-corrected chi connectivity index (χ0v) is 14.5. The molecule has 2 aromatic carbocycles. The second-order valence-corrected chi connectivity index (χ2v) is 6.36. The smallest absolute Gasteiger partial charge is 0.224 e. The molecule has 2 aromatic rings. The summed E-state index contributed by atoms with van der Waals surface area (Å²) in [4.78, 5) is 12.1. The monoisotopic (exact) mass is 397 g/mol. The van der Waals surface area contributed by atoms with Crippen molar-refractivity contribution in [1.29, 1.82) is 0 Å². The molecule has 0 spiro atoms. The normalized spacial score (nSPS) is 11.6. The molecular formula is C16H17Br2NO. The zero-order chi connectivity index (χ0) is 14.6. The van der Waals surface area contributed by atoms with E-state index in [1.165, 1.54) is 10.8 Å². The number of hydrogen-bond donors (Lipinski definition) is 1. The van der Waals surface area contributed by atoms with E-state index in [1.807, 2.05) is 25.1 Å². The number of carbonyl (C=O) groups excluding carboxylic acids is 1. The van der Waals surface area contributed by atoms with Crippen LogP contribution in [0.25, 0.3) is 10.8 Å². The van der Waals surface area contributed by atoms with Gasteiger partial charge in [-0.3, -0.25) is 4.79 Å². The molecule has 0 heterocycles. The minimum atomic E-state index is -0.256. The van der Waals surface area contributed by atoms with E-state index in [0.717, 1.165) is 5.56 Å². The molecule has 0 aromatic heterocycles. The maximum Gasteiger partial charge on any atom is 0.224 e. The molecule has 0 saturated carbocycles. The summed E-state index contributed by atoms with van der Waals surface area (Å²) >= 11 is 6.87. The van der Waals surface area contributed by atoms with Crippen LogP contribution in [-0.4, -0.2) is 22.1 Å². The lowest BCUT2D eigenvalue weighted by Gasteiger charge is -2.26. The van der Waals surface area contributed by atoms with Crippen LogP contribution in [-0.2, 0) is 11.2 Å². The predicted octanol–water partition coefficient (Wildman–Crippen LogP) is 4.05. The summed E-state index contributed by atoms with van der Waals surface area (Å²) in [5.74, 6) is 0.0432. The Hall–Kier alpha value is -0.870. The second kappa shape index (κ2) is 6.72. The molecule has 0 aliphatic rings. The summed E-state index contributed by atoms with van der Waals surface area (Å²) in [5.41, 5.74) is 0.779. The molecule has 4 heteroatoms. The Morgan fingerprint density at radius 3 is 2.40 bits per heavy atom. The minimum Gasteiger partial charge on any atom is -0.349 e. The summed E-state index contributed by atoms with van der Waals surface area (Å²) in [6.07, 6.45) is 0.403. The molecule has 0 saturated heterocycles. The predicted molar refractivity (Wildman–Crippen MR) is 91.8 cm³/mol. The van der Waals surface area contributed by atoms with E-state index in [-0.39, 0.29) is 11.4 Å². The van der Waals surface area contributed by atoms with E-state index in [0.29, 0.717) is 17.1 Å². The van der Waals surface area contributed by atoms with Gasteiger partial charge in [0, 0.05) is 10.7 Å². The molecule has 1 amide bonds. The van der Waals surface area contributed by atoms with Crippen molar-refractivity contribution in [1.82, 2.24) is 5.32 Å². The van der Waals surface area contributed by atoms with Crippen LogP contribution in [0.1, 0.15) is 12.5 Å². The number of rotatable bonds is 5. The Labute approximate surface area is 136 Å². The van der Waals surface area contributed by atoms with Gasteiger partial charge in [0.1, 0.15) is 0 Å². The molecule has 1 N–H and O–H groups in total. The highest BCUT2D eigenvalue weighted by molar-refractivity contribution is 9.09. The Morgan fingerprint density at radius 2 is 1.75 bits per heavy atom. The molecule has 0 radical (unpaired) electrons. The third kappa shape index (κ3) is 3.83. The van der Waals surface area contributed by atoms with E-state index in [4.69, 9.17) is 0 Å². The number of halogens is 2. The molecule has 0 unspecified atom stereocenters. The third-order valence-corrected chi connectivity index (χ3v) is 5.68. The molecule has 106 valence electrons. The molecule has 20 heavy (non-hydrogen) atoms. The van der Waals surface area contributed by atoms with Crippen molar-refractivity contribution >= 4 is 48.5 Å². The average Bonchev–Trinajstić information content (AvgIpc) is 2.47. The van der Waals surface area contributed by atoms with Crippen LogP contribution >= 0.6 is 31.9 Å². The van der Waals surface area contributed by atoms with Crippen LogP contribution in [0.4, 0.5) is 0 Å². The number of carbonyl (C=O) groups is 1. The van der Waals surface area contributed by atoms with Crippen molar-refractivity contribution in [3.8, 4) is 0 Å². The molecule has 0 fully saturated rings. The standard InChI is InChI=1S/C16H17Br2NO/c1-16(10-17,11-18)19-15(20)9-12-6-7-13-4-2-3-5-14(13)8-12/h2-8H,9-11H2,1H3,(H,19,20). The SMILES string of the molecule is CC(CBr)(CBr)NC(=O)Cc1ccc2ccccc2c1. The minimum absolute atomic E-state index is 0.0432. The van der Waals surface area contributed by atoms with E-state index in [1.54, 1.807) is 0 Å². The number of benzene rings is 2. The first-order chi connectivity index (χ1) is 9.56. The molecule has 0 aliphatic carbocycles. The van der Waals surface area contributed by atoms with Crippen molar-refractivity contribution in [3.05, 3.63) is 48.0 Å². The maximum absolute atomic E-state index is 12.1. The topological polar surface area (TPSA) is 29.1 Å². The number of alkyl halides is 2. The highest BCUT2D eigenvalue weighted by Crippen LogP contribution is 2.17. The van der Waals surface area contributed by atoms with Crippen LogP contribution in [0.3, 0.4) is 0 Å². The van der Waals surface area contributed by atoms with Crippen molar-refractivity contribution in [2.45, 2.75) is 18.9 Å². The van der Waals surface area contributed by atoms with E-state index < -0.39 is 0 Å². The fraction of sp³-hybridized carbons (Fsp3) is 0.312. The van der Waals surface area contributed by atoms with Crippen molar-refractivity contribution in [2.75, 3.05) is 10.7 Å². The van der Waals surface area contributed by atoms with Crippen molar-refractivity contribution < 1.29 is 4.79 Å². The second-order valence-electron chi connectivity index (χ2n) is 5.23. The van der Waals surface area contributed by atoms with Gasteiger partial charge in [-0.1, -0.05) is 74.3 Å². The lowest BCUT2D eigenvalue weighted by Crippen LogP contribution is -2.49. The lowest BCUT2D eigenvalue weighted by molar-refractivity contribution is -0.121. The molecule has 0 atom stereocenters. The van der Waals surface area contributed by atoms with Gasteiger partial charge in [0.2, 0.25) is 5.91 Å². The van der Waals surface area contributed by atoms with Gasteiger partial charge in [-0.15, -0.1) is 0 Å². The fourth-order valence-corrected chi connectivity index (χ4v) is 3.23. The Bertz CT molecular complexity index is 608. The number of amides is 1. The largest absolute Gasteiger partial charge is 0.349 e. The van der Waals surface area contributed by atoms with Gasteiger partial charge in [-0.2, -0.15) is 0 Å². The molecular weight excluding hydrogens is 382 g/mol. The summed E-state index contributed by atoms with van der Waals surface area (Å²) in [6.45, 7) is 2.01. The lowest BCUT2D eigenvalue weighted by atomic mass is 10.0. The summed E-state index contributed by atoms with van der Waals surface area (Å²) < 4.78 is 0. The van der Waals surface area contributed by atoms with Crippen LogP contribution in [0.5, 0.6) is 0 Å². The number of fused-ring (bicyclic) bond motifs is 1. The Kier molecular flexibility index (Phi) is 5.22. The summed E-state index contributed by atoms with van der Waals surface area (Å²) in [6, 6.07) is 14.3. The molecule has 2 nitrogen and oxygen atoms in total. The van der Waals surface area contributed by atoms with Gasteiger partial charge in [0.15, 0.2) is 0 Å². The summed E-state index contributed by atoms with van der Waals surface area (Å²) in [5, 5.41) is 6.86. The van der Waals surface area contributed by atoms with Crippen LogP contribution < -0.4 is 5.32 Å². The molecule has 0 aliphatic heterocycles. The summed E-state index contributed by atoms with van der Waals surface area (Å²) in [7, 11) is 0. The first-order valence-electron chi connectivity index (χ1n) is 6.47. The van der Waals surface area contributed by atoms with Gasteiger partial charge in [-0.25, -0.2) is 0 Å². The van der Waals surface area contributed by atoms with Gasteiger partial charge in [0.05, 0.1) is 12.0 Å². The van der Waals surface area contributed by atoms with Crippen molar-refractivity contribution in [3.63, 3.8) is 0 Å². The fourth-order valence-electron chi connectivity index (χ4n) is 2.02. The number of nitrogens with one attached hydrogen (secondary N) is 1. The van der Waals surface area contributed by atoms with E-state index in [9.17, 15) is 4.79 Å². The first-order valence-corrected chi connectivity index (χ1v) is 8.71. The van der Waals surface area contributed by atoms with Crippen molar-refractivity contribution in [2.24, 2.45) is 0 Å². The highest BCUT2D eigenvalue weighted by Gasteiger charge is 2.23. The zero-order valence-electron chi connectivity index (χ0n) is 11.3. The van der Waals surface area contributed by atoms with Crippen LogP contribution in [0.2, 0.25) is 0 Å². The van der Waals surface area contributed by atoms with E-state index in [2.05, 4.69) is 61.4 Å². The van der Waals surface area contributed by atoms with Crippen LogP contribution in [0, 0.1) is 0 Å². The highest BCUT2D eigenvalue weighted by atomic mass is 79.9. The maximum atomic E-state index is 12.1.